The molecule has 0 saturated heterocycles. The average Bonchev–Trinajstić information content (AvgIpc) is 2.89. The van der Waals surface area contributed by atoms with Crippen molar-refractivity contribution in [1.82, 2.24) is 0 Å². The lowest BCUT2D eigenvalue weighted by atomic mass is 10.1. The molecule has 0 saturated carbocycles. The van der Waals surface area contributed by atoms with Gasteiger partial charge in [-0.1, -0.05) is 0 Å². The number of esters is 3. The third kappa shape index (κ3) is 3.70. The molecule has 0 aliphatic carbocycles. The van der Waals surface area contributed by atoms with Gasteiger partial charge in [0, 0.05) is 27.4 Å². The summed E-state index contributed by atoms with van der Waals surface area (Å²) >= 11 is 0. The van der Waals surface area contributed by atoms with Crippen molar-refractivity contribution in [2.24, 2.45) is 0 Å². The standard InChI is InChI=1S/C15H18O8Si/c1-19-24(20-2,21-3)8-4-7-22-13(16)10-5-6-11-12(9-10)15(18)23-14(11)17/h5-6,9H,4,7-8H2,1-3H3. The molecule has 9 heteroatoms. The Balaban J connectivity index is 1.91. The highest BCUT2D eigenvalue weighted by Crippen LogP contribution is 2.22. The lowest BCUT2D eigenvalue weighted by Crippen LogP contribution is -2.42. The largest absolute Gasteiger partial charge is 0.500 e. The van der Waals surface area contributed by atoms with Gasteiger partial charge in [-0.05, 0) is 24.6 Å². The van der Waals surface area contributed by atoms with Crippen molar-refractivity contribution in [3.05, 3.63) is 34.9 Å². The summed E-state index contributed by atoms with van der Waals surface area (Å²) in [5.74, 6) is -2.07. The fourth-order valence-corrected chi connectivity index (χ4v) is 4.00. The van der Waals surface area contributed by atoms with Crippen LogP contribution in [0.1, 0.15) is 37.5 Å². The molecule has 0 spiro atoms. The molecular formula is C15H18O8Si. The van der Waals surface area contributed by atoms with E-state index in [9.17, 15) is 14.4 Å². The Morgan fingerprint density at radius 1 is 1.04 bits per heavy atom. The second-order valence-electron chi connectivity index (χ2n) is 4.97. The van der Waals surface area contributed by atoms with Crippen molar-refractivity contribution in [3.63, 3.8) is 0 Å². The van der Waals surface area contributed by atoms with Crippen molar-refractivity contribution < 1.29 is 37.1 Å². The van der Waals surface area contributed by atoms with Crippen LogP contribution in [0.25, 0.3) is 0 Å². The van der Waals surface area contributed by atoms with Gasteiger partial charge < -0.3 is 22.8 Å². The highest BCUT2D eigenvalue weighted by Gasteiger charge is 2.37. The zero-order valence-corrected chi connectivity index (χ0v) is 14.6. The summed E-state index contributed by atoms with van der Waals surface area (Å²) in [6.07, 6.45) is 0.499. The van der Waals surface area contributed by atoms with Crippen LogP contribution in [0.5, 0.6) is 0 Å². The first-order valence-electron chi connectivity index (χ1n) is 7.19. The first kappa shape index (κ1) is 18.3. The molecule has 0 radical (unpaired) electrons. The van der Waals surface area contributed by atoms with Gasteiger partial charge in [0.1, 0.15) is 0 Å². The molecule has 1 aliphatic rings. The molecule has 24 heavy (non-hydrogen) atoms. The van der Waals surface area contributed by atoms with E-state index in [1.807, 2.05) is 0 Å². The van der Waals surface area contributed by atoms with E-state index in [0.717, 1.165) is 0 Å². The van der Waals surface area contributed by atoms with E-state index in [0.29, 0.717) is 12.5 Å². The summed E-state index contributed by atoms with van der Waals surface area (Å²) in [7, 11) is 1.84. The van der Waals surface area contributed by atoms with E-state index in [1.54, 1.807) is 0 Å². The van der Waals surface area contributed by atoms with Crippen LogP contribution < -0.4 is 0 Å². The normalized spacial score (nSPS) is 13.6. The van der Waals surface area contributed by atoms with Gasteiger partial charge in [-0.3, -0.25) is 0 Å². The molecular weight excluding hydrogens is 336 g/mol. The van der Waals surface area contributed by atoms with Gasteiger partial charge in [0.05, 0.1) is 23.3 Å². The molecule has 0 fully saturated rings. The van der Waals surface area contributed by atoms with E-state index in [-0.39, 0.29) is 23.3 Å². The average molecular weight is 354 g/mol. The number of carbonyl (C=O) groups excluding carboxylic acids is 3. The molecule has 0 amide bonds. The van der Waals surface area contributed by atoms with Crippen molar-refractivity contribution in [1.29, 1.82) is 0 Å². The monoisotopic (exact) mass is 354 g/mol. The van der Waals surface area contributed by atoms with Crippen LogP contribution in [-0.4, -0.2) is 54.6 Å². The van der Waals surface area contributed by atoms with Gasteiger partial charge in [0.2, 0.25) is 0 Å². The lowest BCUT2D eigenvalue weighted by molar-refractivity contribution is 0.0442. The molecule has 0 N–H and O–H groups in total. The second-order valence-corrected chi connectivity index (χ2v) is 8.06. The van der Waals surface area contributed by atoms with Gasteiger partial charge in [-0.15, -0.1) is 0 Å². The Morgan fingerprint density at radius 3 is 2.29 bits per heavy atom. The van der Waals surface area contributed by atoms with E-state index >= 15 is 0 Å². The van der Waals surface area contributed by atoms with Crippen molar-refractivity contribution >= 4 is 26.7 Å². The molecule has 0 unspecified atom stereocenters. The molecule has 8 nitrogen and oxygen atoms in total. The SMILES string of the molecule is CO[Si](CCCOC(=O)c1ccc2c(c1)C(=O)OC2=O)(OC)OC. The third-order valence-corrected chi connectivity index (χ3v) is 6.51. The van der Waals surface area contributed by atoms with Crippen molar-refractivity contribution in [2.45, 2.75) is 12.5 Å². The smallest absolute Gasteiger partial charge is 0.462 e. The predicted octanol–water partition coefficient (Wildman–Crippen LogP) is 1.42. The number of carbonyl (C=O) groups is 3. The van der Waals surface area contributed by atoms with Gasteiger partial charge in [0.25, 0.3) is 0 Å². The van der Waals surface area contributed by atoms with Gasteiger partial charge in [-0.25, -0.2) is 14.4 Å². The van der Waals surface area contributed by atoms with Crippen LogP contribution in [0.4, 0.5) is 0 Å². The minimum absolute atomic E-state index is 0.0685. The Hall–Kier alpha value is -2.07. The number of benzene rings is 1. The summed E-state index contributed by atoms with van der Waals surface area (Å²) in [6.45, 7) is 0.143. The zero-order valence-electron chi connectivity index (χ0n) is 13.6. The summed E-state index contributed by atoms with van der Waals surface area (Å²) < 4.78 is 25.4. The Morgan fingerprint density at radius 2 is 1.67 bits per heavy atom. The molecule has 1 aromatic rings. The number of rotatable bonds is 8. The topological polar surface area (TPSA) is 97.4 Å². The maximum Gasteiger partial charge on any atom is 0.500 e. The van der Waals surface area contributed by atoms with E-state index in [4.69, 9.17) is 18.0 Å². The molecule has 0 bridgehead atoms. The highest BCUT2D eigenvalue weighted by atomic mass is 28.4. The summed E-state index contributed by atoms with van der Waals surface area (Å²) in [4.78, 5) is 34.9. The van der Waals surface area contributed by atoms with Gasteiger partial charge in [-0.2, -0.15) is 0 Å². The zero-order chi connectivity index (χ0) is 17.7. The Labute approximate surface area is 140 Å². The third-order valence-electron chi connectivity index (χ3n) is 3.67. The second kappa shape index (κ2) is 7.66. The number of hydrogen-bond acceptors (Lipinski definition) is 8. The van der Waals surface area contributed by atoms with Crippen molar-refractivity contribution in [3.8, 4) is 0 Å². The molecule has 2 rings (SSSR count). The molecule has 1 aliphatic heterocycles. The minimum atomic E-state index is -2.69. The highest BCUT2D eigenvalue weighted by molar-refractivity contribution is 6.60. The van der Waals surface area contributed by atoms with Gasteiger partial charge in [0.15, 0.2) is 0 Å². The molecule has 0 atom stereocenters. The summed E-state index contributed by atoms with van der Waals surface area (Å²) in [6, 6.07) is 4.58. The number of hydrogen-bond donors (Lipinski definition) is 0. The number of ether oxygens (including phenoxy) is 2. The van der Waals surface area contributed by atoms with Crippen molar-refractivity contribution in [2.75, 3.05) is 27.9 Å². The fourth-order valence-electron chi connectivity index (χ4n) is 2.31. The Bertz CT molecular complexity index is 645. The Kier molecular flexibility index (Phi) is 5.83. The molecule has 1 aromatic carbocycles. The van der Waals surface area contributed by atoms with Crippen LogP contribution in [0.3, 0.4) is 0 Å². The minimum Gasteiger partial charge on any atom is -0.462 e. The first-order valence-corrected chi connectivity index (χ1v) is 9.12. The maximum atomic E-state index is 12.0. The molecule has 0 aromatic heterocycles. The van der Waals surface area contributed by atoms with E-state index in [2.05, 4.69) is 4.74 Å². The first-order chi connectivity index (χ1) is 11.5. The van der Waals surface area contributed by atoms with Crippen LogP contribution in [-0.2, 0) is 22.8 Å². The molecule has 130 valence electrons. The van der Waals surface area contributed by atoms with E-state index in [1.165, 1.54) is 39.5 Å². The van der Waals surface area contributed by atoms with Crippen LogP contribution in [0, 0.1) is 0 Å². The lowest BCUT2D eigenvalue weighted by Gasteiger charge is -2.24. The molecule has 1 heterocycles. The summed E-state index contributed by atoms with van der Waals surface area (Å²) in [5, 5.41) is 0. The fraction of sp³-hybridized carbons (Fsp3) is 0.400. The maximum absolute atomic E-state index is 12.0. The predicted molar refractivity (Wildman–Crippen MR) is 82.7 cm³/mol. The number of cyclic esters (lactones) is 2. The van der Waals surface area contributed by atoms with Crippen LogP contribution in [0.2, 0.25) is 6.04 Å². The summed E-state index contributed by atoms with van der Waals surface area (Å²) in [5.41, 5.74) is 0.390. The number of fused-ring (bicyclic) bond motifs is 1. The van der Waals surface area contributed by atoms with Gasteiger partial charge >= 0.3 is 26.7 Å². The van der Waals surface area contributed by atoms with Crippen LogP contribution in [0.15, 0.2) is 18.2 Å². The quantitative estimate of drug-likeness (QED) is 0.299. The van der Waals surface area contributed by atoms with E-state index < -0.39 is 26.7 Å². The van der Waals surface area contributed by atoms with Crippen LogP contribution >= 0.6 is 0 Å².